The zero-order chi connectivity index (χ0) is 23.4. The Bertz CT molecular complexity index is 1060. The van der Waals surface area contributed by atoms with Crippen molar-refractivity contribution < 1.29 is 14.3 Å². The maximum atomic E-state index is 13.2. The Kier molecular flexibility index (Phi) is 6.67. The second-order valence-electron chi connectivity index (χ2n) is 9.63. The van der Waals surface area contributed by atoms with Crippen molar-refractivity contribution in [3.8, 4) is 0 Å². The molecule has 7 heteroatoms. The second-order valence-corrected chi connectivity index (χ2v) is 9.63. The van der Waals surface area contributed by atoms with Gasteiger partial charge in [0.15, 0.2) is 0 Å². The van der Waals surface area contributed by atoms with E-state index in [0.29, 0.717) is 32.4 Å². The van der Waals surface area contributed by atoms with E-state index in [1.54, 1.807) is 4.90 Å². The largest absolute Gasteiger partial charge is 0.444 e. The quantitative estimate of drug-likeness (QED) is 0.597. The van der Waals surface area contributed by atoms with E-state index in [1.165, 1.54) is 0 Å². The first-order valence-corrected chi connectivity index (χ1v) is 11.6. The van der Waals surface area contributed by atoms with Gasteiger partial charge in [0, 0.05) is 19.0 Å². The standard InChI is InChI=1S/C26H32N4O3/c1-26(2,3)33-25(32)30-15-13-19(14-16-30)24(31)29-22(17-18-9-5-4-6-10-18)23-27-20-11-7-8-12-21(20)28-23/h4-12,19,22H,13-17H2,1-3H3,(H,27,28)(H,29,31)/t22-/m0/s1. The summed E-state index contributed by atoms with van der Waals surface area (Å²) in [4.78, 5) is 35.3. The lowest BCUT2D eigenvalue weighted by Crippen LogP contribution is -2.45. The molecular weight excluding hydrogens is 416 g/mol. The van der Waals surface area contributed by atoms with Crippen LogP contribution in [0.2, 0.25) is 0 Å². The lowest BCUT2D eigenvalue weighted by atomic mass is 9.95. The molecule has 0 unspecified atom stereocenters. The van der Waals surface area contributed by atoms with Crippen LogP contribution in [-0.2, 0) is 16.0 Å². The zero-order valence-corrected chi connectivity index (χ0v) is 19.5. The third kappa shape index (κ3) is 5.92. The van der Waals surface area contributed by atoms with E-state index in [2.05, 4.69) is 22.4 Å². The molecule has 4 rings (SSSR count). The summed E-state index contributed by atoms with van der Waals surface area (Å²) in [7, 11) is 0. The van der Waals surface area contributed by atoms with Crippen LogP contribution in [0.25, 0.3) is 11.0 Å². The summed E-state index contributed by atoms with van der Waals surface area (Å²) in [5, 5.41) is 3.23. The first kappa shape index (κ1) is 22.8. The number of ether oxygens (including phenoxy) is 1. The van der Waals surface area contributed by atoms with Gasteiger partial charge in [0.1, 0.15) is 11.4 Å². The van der Waals surface area contributed by atoms with Gasteiger partial charge in [-0.05, 0) is 57.7 Å². The predicted molar refractivity (Wildman–Crippen MR) is 128 cm³/mol. The van der Waals surface area contributed by atoms with Crippen molar-refractivity contribution in [3.63, 3.8) is 0 Å². The van der Waals surface area contributed by atoms with Crippen molar-refractivity contribution in [1.29, 1.82) is 0 Å². The summed E-state index contributed by atoms with van der Waals surface area (Å²) in [5.74, 6) is 0.603. The number of para-hydroxylation sites is 2. The number of fused-ring (bicyclic) bond motifs is 1. The number of hydrogen-bond acceptors (Lipinski definition) is 4. The lowest BCUT2D eigenvalue weighted by molar-refractivity contribution is -0.127. The van der Waals surface area contributed by atoms with Gasteiger partial charge >= 0.3 is 6.09 Å². The van der Waals surface area contributed by atoms with Crippen molar-refractivity contribution in [1.82, 2.24) is 20.2 Å². The summed E-state index contributed by atoms with van der Waals surface area (Å²) < 4.78 is 5.46. The third-order valence-corrected chi connectivity index (χ3v) is 5.85. The topological polar surface area (TPSA) is 87.3 Å². The Hall–Kier alpha value is -3.35. The molecule has 2 heterocycles. The fourth-order valence-electron chi connectivity index (χ4n) is 4.14. The number of likely N-dealkylation sites (tertiary alicyclic amines) is 1. The number of H-pyrrole nitrogens is 1. The van der Waals surface area contributed by atoms with E-state index < -0.39 is 5.60 Å². The average Bonchev–Trinajstić information content (AvgIpc) is 3.22. The van der Waals surface area contributed by atoms with Crippen LogP contribution < -0.4 is 5.32 Å². The molecule has 174 valence electrons. The minimum atomic E-state index is -0.525. The van der Waals surface area contributed by atoms with Crippen LogP contribution in [0, 0.1) is 5.92 Å². The van der Waals surface area contributed by atoms with Crippen LogP contribution in [0.15, 0.2) is 54.6 Å². The number of nitrogens with one attached hydrogen (secondary N) is 2. The van der Waals surface area contributed by atoms with Gasteiger partial charge in [-0.15, -0.1) is 0 Å². The second kappa shape index (κ2) is 9.65. The fraction of sp³-hybridized carbons (Fsp3) is 0.423. The molecule has 1 aliphatic rings. The molecule has 0 saturated carbocycles. The number of hydrogen-bond donors (Lipinski definition) is 2. The van der Waals surface area contributed by atoms with E-state index in [-0.39, 0.29) is 24.0 Å². The average molecular weight is 449 g/mol. The Morgan fingerprint density at radius 1 is 1.09 bits per heavy atom. The molecular formula is C26H32N4O3. The molecule has 3 aromatic rings. The molecule has 1 atom stereocenters. The Morgan fingerprint density at radius 3 is 2.42 bits per heavy atom. The van der Waals surface area contributed by atoms with Gasteiger partial charge in [-0.1, -0.05) is 42.5 Å². The number of nitrogens with zero attached hydrogens (tertiary/aromatic N) is 2. The molecule has 0 bridgehead atoms. The molecule has 0 radical (unpaired) electrons. The minimum Gasteiger partial charge on any atom is -0.444 e. The molecule has 1 saturated heterocycles. The SMILES string of the molecule is CC(C)(C)OC(=O)N1CCC(C(=O)N[C@@H](Cc2ccccc2)c2nc3ccccc3[nH]2)CC1. The van der Waals surface area contributed by atoms with Crippen LogP contribution in [0.4, 0.5) is 4.79 Å². The van der Waals surface area contributed by atoms with Crippen LogP contribution in [0.1, 0.15) is 51.0 Å². The molecule has 2 aromatic carbocycles. The van der Waals surface area contributed by atoms with Crippen molar-refractivity contribution >= 4 is 23.0 Å². The number of carbonyl (C=O) groups excluding carboxylic acids is 2. The smallest absolute Gasteiger partial charge is 0.410 e. The lowest BCUT2D eigenvalue weighted by Gasteiger charge is -2.33. The first-order chi connectivity index (χ1) is 15.8. The van der Waals surface area contributed by atoms with Gasteiger partial charge in [-0.2, -0.15) is 0 Å². The maximum Gasteiger partial charge on any atom is 0.410 e. The highest BCUT2D eigenvalue weighted by atomic mass is 16.6. The number of aromatic amines is 1. The van der Waals surface area contributed by atoms with Crippen molar-refractivity contribution in [2.24, 2.45) is 5.92 Å². The molecule has 1 aliphatic heterocycles. The number of imidazole rings is 1. The number of aromatic nitrogens is 2. The molecule has 2 N–H and O–H groups in total. The maximum absolute atomic E-state index is 13.2. The molecule has 7 nitrogen and oxygen atoms in total. The highest BCUT2D eigenvalue weighted by Crippen LogP contribution is 2.24. The number of rotatable bonds is 5. The Labute approximate surface area is 194 Å². The van der Waals surface area contributed by atoms with Crippen molar-refractivity contribution in [2.45, 2.75) is 51.7 Å². The van der Waals surface area contributed by atoms with Crippen LogP contribution in [0.3, 0.4) is 0 Å². The van der Waals surface area contributed by atoms with E-state index in [1.807, 2.05) is 63.2 Å². The summed E-state index contributed by atoms with van der Waals surface area (Å²) in [6, 6.07) is 17.7. The summed E-state index contributed by atoms with van der Waals surface area (Å²) in [6.45, 7) is 6.60. The van der Waals surface area contributed by atoms with Gasteiger partial charge in [0.25, 0.3) is 0 Å². The molecule has 0 spiro atoms. The molecule has 0 aliphatic carbocycles. The zero-order valence-electron chi connectivity index (χ0n) is 19.5. The van der Waals surface area contributed by atoms with Crippen molar-refractivity contribution in [3.05, 3.63) is 66.0 Å². The summed E-state index contributed by atoms with van der Waals surface area (Å²) in [6.07, 6.45) is 1.56. The van der Waals surface area contributed by atoms with Crippen LogP contribution in [0.5, 0.6) is 0 Å². The highest BCUT2D eigenvalue weighted by Gasteiger charge is 2.31. The monoisotopic (exact) mass is 448 g/mol. The van der Waals surface area contributed by atoms with E-state index >= 15 is 0 Å². The van der Waals surface area contributed by atoms with E-state index in [9.17, 15) is 9.59 Å². The number of benzene rings is 2. The van der Waals surface area contributed by atoms with Gasteiger partial charge in [-0.25, -0.2) is 9.78 Å². The van der Waals surface area contributed by atoms with Gasteiger partial charge in [0.05, 0.1) is 17.1 Å². The summed E-state index contributed by atoms with van der Waals surface area (Å²) in [5.41, 5.74) is 2.43. The van der Waals surface area contributed by atoms with Crippen LogP contribution >= 0.6 is 0 Å². The predicted octanol–water partition coefficient (Wildman–Crippen LogP) is 4.61. The highest BCUT2D eigenvalue weighted by molar-refractivity contribution is 5.80. The van der Waals surface area contributed by atoms with E-state index in [0.717, 1.165) is 22.4 Å². The Morgan fingerprint density at radius 2 is 1.76 bits per heavy atom. The van der Waals surface area contributed by atoms with Gasteiger partial charge in [0.2, 0.25) is 5.91 Å². The van der Waals surface area contributed by atoms with Gasteiger partial charge < -0.3 is 19.9 Å². The minimum absolute atomic E-state index is 0.000209. The fourth-order valence-corrected chi connectivity index (χ4v) is 4.14. The number of amides is 2. The van der Waals surface area contributed by atoms with Crippen LogP contribution in [-0.4, -0.2) is 45.6 Å². The molecule has 1 fully saturated rings. The molecule has 1 aromatic heterocycles. The third-order valence-electron chi connectivity index (χ3n) is 5.85. The molecule has 2 amide bonds. The van der Waals surface area contributed by atoms with Crippen molar-refractivity contribution in [2.75, 3.05) is 13.1 Å². The summed E-state index contributed by atoms with van der Waals surface area (Å²) >= 11 is 0. The molecule has 33 heavy (non-hydrogen) atoms. The first-order valence-electron chi connectivity index (χ1n) is 11.6. The number of carbonyl (C=O) groups is 2. The van der Waals surface area contributed by atoms with Gasteiger partial charge in [-0.3, -0.25) is 4.79 Å². The number of piperidine rings is 1. The normalized spacial score (nSPS) is 15.9. The van der Waals surface area contributed by atoms with E-state index in [4.69, 9.17) is 9.72 Å². The Balaban J connectivity index is 1.44.